The summed E-state index contributed by atoms with van der Waals surface area (Å²) in [5.74, 6) is -0.995. The highest BCUT2D eigenvalue weighted by Crippen LogP contribution is 2.27. The van der Waals surface area contributed by atoms with Gasteiger partial charge in [0.05, 0.1) is 10.7 Å². The van der Waals surface area contributed by atoms with Gasteiger partial charge in [0.1, 0.15) is 5.52 Å². The molecule has 0 radical (unpaired) electrons. The first kappa shape index (κ1) is 16.9. The van der Waals surface area contributed by atoms with E-state index in [1.54, 1.807) is 17.5 Å². The lowest BCUT2D eigenvalue weighted by molar-refractivity contribution is -0.305. The molecule has 0 spiro atoms. The van der Waals surface area contributed by atoms with Gasteiger partial charge in [-0.2, -0.15) is 0 Å². The Morgan fingerprint density at radius 1 is 1.28 bits per heavy atom. The monoisotopic (exact) mass is 354 g/mol. The average molecular weight is 354 g/mol. The second-order valence-corrected chi connectivity index (χ2v) is 6.52. The first-order valence-electron chi connectivity index (χ1n) is 7.75. The van der Waals surface area contributed by atoms with Gasteiger partial charge in [-0.1, -0.05) is 13.0 Å². The van der Waals surface area contributed by atoms with Crippen LogP contribution in [-0.4, -0.2) is 20.9 Å². The molecule has 4 rings (SSSR count). The van der Waals surface area contributed by atoms with Gasteiger partial charge < -0.3 is 19.9 Å². The van der Waals surface area contributed by atoms with E-state index in [0.717, 1.165) is 32.6 Å². The Labute approximate surface area is 147 Å². The molecule has 0 unspecified atom stereocenters. The third-order valence-electron chi connectivity index (χ3n) is 3.74. The molecule has 0 saturated carbocycles. The number of aromatic nitrogens is 3. The van der Waals surface area contributed by atoms with Crippen molar-refractivity contribution in [2.24, 2.45) is 0 Å². The van der Waals surface area contributed by atoms with Crippen molar-refractivity contribution in [1.82, 2.24) is 15.0 Å². The number of aromatic amines is 2. The van der Waals surface area contributed by atoms with Crippen LogP contribution in [0.1, 0.15) is 18.4 Å². The number of hydrogen-bond acceptors (Lipinski definition) is 5. The molecular weight excluding hydrogens is 338 g/mol. The third kappa shape index (κ3) is 3.46. The summed E-state index contributed by atoms with van der Waals surface area (Å²) in [6.07, 6.45) is 1.90. The highest BCUT2D eigenvalue weighted by atomic mass is 32.1. The standard InChI is InChI=1S/C15H11N3OS.C3H6O2/c1-8-17-13(7-20-8)9-2-3-12-11(6-9)10-4-5-16-14(10)15(19)18-12;1-2-3(4)5/h2-7,16H,1H3,(H,18,19);2H2,1H3,(H,4,5)/p-1. The molecule has 6 nitrogen and oxygen atoms in total. The van der Waals surface area contributed by atoms with Crippen LogP contribution in [0.3, 0.4) is 0 Å². The number of pyridine rings is 1. The van der Waals surface area contributed by atoms with E-state index in [9.17, 15) is 14.7 Å². The Balaban J connectivity index is 0.000000324. The molecule has 3 aromatic heterocycles. The lowest BCUT2D eigenvalue weighted by Crippen LogP contribution is -2.19. The van der Waals surface area contributed by atoms with Crippen molar-refractivity contribution in [2.45, 2.75) is 20.3 Å². The number of carboxylic acid groups (broad SMARTS) is 1. The smallest absolute Gasteiger partial charge is 0.272 e. The van der Waals surface area contributed by atoms with Crippen molar-refractivity contribution in [3.8, 4) is 11.3 Å². The van der Waals surface area contributed by atoms with Gasteiger partial charge in [0, 0.05) is 39.4 Å². The number of aliphatic carboxylic acids is 1. The van der Waals surface area contributed by atoms with Crippen molar-refractivity contribution < 1.29 is 9.90 Å². The molecule has 3 heterocycles. The second kappa shape index (κ2) is 6.90. The van der Waals surface area contributed by atoms with E-state index < -0.39 is 5.97 Å². The maximum absolute atomic E-state index is 11.9. The maximum atomic E-state index is 11.9. The Kier molecular flexibility index (Phi) is 4.67. The summed E-state index contributed by atoms with van der Waals surface area (Å²) >= 11 is 1.64. The molecule has 1 aromatic carbocycles. The van der Waals surface area contributed by atoms with Crippen LogP contribution in [0, 0.1) is 6.92 Å². The zero-order valence-electron chi connectivity index (χ0n) is 13.8. The van der Waals surface area contributed by atoms with Crippen LogP contribution < -0.4 is 10.7 Å². The van der Waals surface area contributed by atoms with Crippen LogP contribution >= 0.6 is 11.3 Å². The SMILES string of the molecule is CCC(=O)[O-].Cc1nc(-c2ccc3[nH]c(=O)c4[nH]ccc4c3c2)cs1. The fourth-order valence-electron chi connectivity index (χ4n) is 2.50. The van der Waals surface area contributed by atoms with Gasteiger partial charge in [-0.3, -0.25) is 4.79 Å². The average Bonchev–Trinajstić information content (AvgIpc) is 3.25. The molecule has 0 amide bonds. The molecule has 2 N–H and O–H groups in total. The zero-order valence-corrected chi connectivity index (χ0v) is 14.6. The number of aryl methyl sites for hydroxylation is 1. The van der Waals surface area contributed by atoms with Crippen molar-refractivity contribution in [3.63, 3.8) is 0 Å². The molecule has 0 fully saturated rings. The van der Waals surface area contributed by atoms with Crippen LogP contribution in [0.4, 0.5) is 0 Å². The largest absolute Gasteiger partial charge is 0.550 e. The van der Waals surface area contributed by atoms with Gasteiger partial charge in [0.25, 0.3) is 5.56 Å². The van der Waals surface area contributed by atoms with E-state index in [0.29, 0.717) is 5.52 Å². The van der Waals surface area contributed by atoms with Crippen LogP contribution in [0.15, 0.2) is 40.6 Å². The Morgan fingerprint density at radius 3 is 2.68 bits per heavy atom. The molecular formula is C18H16N3O3S-. The normalized spacial score (nSPS) is 10.6. The number of carbonyl (C=O) groups excluding carboxylic acids is 1. The highest BCUT2D eigenvalue weighted by Gasteiger charge is 2.08. The number of fused-ring (bicyclic) bond motifs is 3. The van der Waals surface area contributed by atoms with E-state index in [-0.39, 0.29) is 12.0 Å². The summed E-state index contributed by atoms with van der Waals surface area (Å²) in [6, 6.07) is 7.94. The van der Waals surface area contributed by atoms with E-state index in [2.05, 4.69) is 26.4 Å². The second-order valence-electron chi connectivity index (χ2n) is 5.46. The summed E-state index contributed by atoms with van der Waals surface area (Å²) in [7, 11) is 0. The minimum absolute atomic E-state index is 0.0882. The summed E-state index contributed by atoms with van der Waals surface area (Å²) in [5, 5.41) is 14.3. The molecule has 0 aliphatic carbocycles. The third-order valence-corrected chi connectivity index (χ3v) is 4.51. The minimum atomic E-state index is -0.995. The van der Waals surface area contributed by atoms with Gasteiger partial charge in [-0.25, -0.2) is 4.98 Å². The number of rotatable bonds is 2. The molecule has 0 atom stereocenters. The van der Waals surface area contributed by atoms with Crippen molar-refractivity contribution in [2.75, 3.05) is 0 Å². The Hall–Kier alpha value is -2.93. The van der Waals surface area contributed by atoms with Crippen molar-refractivity contribution >= 4 is 39.1 Å². The number of carbonyl (C=O) groups is 1. The predicted molar refractivity (Wildman–Crippen MR) is 97.6 cm³/mol. The predicted octanol–water partition coefficient (Wildman–Crippen LogP) is 2.59. The van der Waals surface area contributed by atoms with Crippen LogP contribution in [0.2, 0.25) is 0 Å². The quantitative estimate of drug-likeness (QED) is 0.577. The topological polar surface area (TPSA) is 102 Å². The summed E-state index contributed by atoms with van der Waals surface area (Å²) in [4.78, 5) is 31.6. The molecule has 0 aliphatic heterocycles. The highest BCUT2D eigenvalue weighted by molar-refractivity contribution is 7.09. The van der Waals surface area contributed by atoms with Gasteiger partial charge in [0.15, 0.2) is 0 Å². The van der Waals surface area contributed by atoms with Crippen LogP contribution in [-0.2, 0) is 4.79 Å². The lowest BCUT2D eigenvalue weighted by Gasteiger charge is -2.03. The van der Waals surface area contributed by atoms with Gasteiger partial charge >= 0.3 is 0 Å². The molecule has 0 saturated heterocycles. The minimum Gasteiger partial charge on any atom is -0.550 e. The number of nitrogens with zero attached hydrogens (tertiary/aromatic N) is 1. The fraction of sp³-hybridized carbons (Fsp3) is 0.167. The number of hydrogen-bond donors (Lipinski definition) is 2. The van der Waals surface area contributed by atoms with Crippen LogP contribution in [0.25, 0.3) is 33.1 Å². The van der Waals surface area contributed by atoms with Gasteiger partial charge in [-0.15, -0.1) is 11.3 Å². The first-order chi connectivity index (χ1) is 12.0. The summed E-state index contributed by atoms with van der Waals surface area (Å²) in [5.41, 5.74) is 3.41. The molecule has 25 heavy (non-hydrogen) atoms. The number of benzene rings is 1. The van der Waals surface area contributed by atoms with Crippen molar-refractivity contribution in [3.05, 3.63) is 51.2 Å². The van der Waals surface area contributed by atoms with Gasteiger partial charge in [-0.05, 0) is 31.5 Å². The number of carboxylic acids is 1. The molecule has 7 heteroatoms. The Morgan fingerprint density at radius 2 is 2.04 bits per heavy atom. The van der Waals surface area contributed by atoms with E-state index >= 15 is 0 Å². The molecule has 4 aromatic rings. The molecule has 128 valence electrons. The number of thiazole rings is 1. The van der Waals surface area contributed by atoms with E-state index in [1.807, 2.05) is 25.1 Å². The number of H-pyrrole nitrogens is 2. The Bertz CT molecular complexity index is 1110. The van der Waals surface area contributed by atoms with Crippen molar-refractivity contribution in [1.29, 1.82) is 0 Å². The first-order valence-corrected chi connectivity index (χ1v) is 8.63. The number of nitrogens with one attached hydrogen (secondary N) is 2. The summed E-state index contributed by atoms with van der Waals surface area (Å²) in [6.45, 7) is 3.53. The zero-order chi connectivity index (χ0) is 18.0. The molecule has 0 bridgehead atoms. The van der Waals surface area contributed by atoms with Gasteiger partial charge in [0.2, 0.25) is 0 Å². The fourth-order valence-corrected chi connectivity index (χ4v) is 3.12. The van der Waals surface area contributed by atoms with Crippen LogP contribution in [0.5, 0.6) is 0 Å². The maximum Gasteiger partial charge on any atom is 0.272 e. The molecule has 0 aliphatic rings. The van der Waals surface area contributed by atoms with E-state index in [1.165, 1.54) is 6.92 Å². The lowest BCUT2D eigenvalue weighted by atomic mass is 10.1. The van der Waals surface area contributed by atoms with E-state index in [4.69, 9.17) is 0 Å². The summed E-state index contributed by atoms with van der Waals surface area (Å²) < 4.78 is 0.